The molecule has 1 amide bonds. The van der Waals surface area contributed by atoms with Crippen LogP contribution in [0.25, 0.3) is 0 Å². The Morgan fingerprint density at radius 3 is 2.48 bits per heavy atom. The smallest absolute Gasteiger partial charge is 0.387 e. The Hall–Kier alpha value is -2.38. The summed E-state index contributed by atoms with van der Waals surface area (Å²) < 4.78 is 33.9. The fraction of sp³-hybridized carbons (Fsp3) is 0.529. The maximum Gasteiger partial charge on any atom is 0.387 e. The Morgan fingerprint density at radius 2 is 1.92 bits per heavy atom. The number of alkyl halides is 2. The van der Waals surface area contributed by atoms with Crippen LogP contribution in [-0.2, 0) is 4.79 Å². The summed E-state index contributed by atoms with van der Waals surface area (Å²) in [5, 5.41) is 12.2. The summed E-state index contributed by atoms with van der Waals surface area (Å²) in [5.74, 6) is -1.58. The van der Waals surface area contributed by atoms with Crippen LogP contribution in [0.2, 0.25) is 0 Å². The summed E-state index contributed by atoms with van der Waals surface area (Å²) in [4.78, 5) is 23.9. The lowest BCUT2D eigenvalue weighted by Gasteiger charge is -2.33. The van der Waals surface area contributed by atoms with Gasteiger partial charge in [-0.2, -0.15) is 8.78 Å². The summed E-state index contributed by atoms with van der Waals surface area (Å²) in [6.07, 6.45) is 3.66. The van der Waals surface area contributed by atoms with Gasteiger partial charge in [0.1, 0.15) is 0 Å². The van der Waals surface area contributed by atoms with Crippen molar-refractivity contribution in [1.82, 2.24) is 5.32 Å². The molecule has 1 fully saturated rings. The fourth-order valence-corrected chi connectivity index (χ4v) is 3.05. The van der Waals surface area contributed by atoms with Crippen molar-refractivity contribution in [3.63, 3.8) is 0 Å². The SMILES string of the molecule is COc1cc(C(=O)NCC2(C(=O)O)CCCCC2)ccc1OC(F)F. The number of hydrogen-bond acceptors (Lipinski definition) is 4. The van der Waals surface area contributed by atoms with Gasteiger partial charge in [-0.15, -0.1) is 0 Å². The molecule has 2 N–H and O–H groups in total. The molecule has 0 bridgehead atoms. The number of halogens is 2. The molecule has 6 nitrogen and oxygen atoms in total. The third-order valence-corrected chi connectivity index (χ3v) is 4.49. The van der Waals surface area contributed by atoms with Crippen LogP contribution in [0.15, 0.2) is 18.2 Å². The number of benzene rings is 1. The van der Waals surface area contributed by atoms with Crippen LogP contribution in [0.3, 0.4) is 0 Å². The summed E-state index contributed by atoms with van der Waals surface area (Å²) in [6, 6.07) is 3.82. The molecule has 2 rings (SSSR count). The van der Waals surface area contributed by atoms with E-state index >= 15 is 0 Å². The highest BCUT2D eigenvalue weighted by atomic mass is 19.3. The van der Waals surface area contributed by atoms with Crippen LogP contribution >= 0.6 is 0 Å². The molecule has 0 unspecified atom stereocenters. The number of carbonyl (C=O) groups is 2. The number of nitrogens with one attached hydrogen (secondary N) is 1. The summed E-state index contributed by atoms with van der Waals surface area (Å²) in [5.41, 5.74) is -0.772. The predicted octanol–water partition coefficient (Wildman–Crippen LogP) is 3.06. The molecule has 1 aliphatic carbocycles. The maximum atomic E-state index is 12.3. The van der Waals surface area contributed by atoms with Crippen LogP contribution in [0.4, 0.5) is 8.78 Å². The molecule has 0 aromatic heterocycles. The number of methoxy groups -OCH3 is 1. The van der Waals surface area contributed by atoms with Gasteiger partial charge in [0.05, 0.1) is 12.5 Å². The summed E-state index contributed by atoms with van der Waals surface area (Å²) in [7, 11) is 1.27. The number of amides is 1. The minimum atomic E-state index is -3.00. The van der Waals surface area contributed by atoms with Crippen LogP contribution in [0.1, 0.15) is 42.5 Å². The first-order valence-electron chi connectivity index (χ1n) is 8.02. The predicted molar refractivity (Wildman–Crippen MR) is 85.1 cm³/mol. The Kier molecular flexibility index (Phi) is 6.17. The number of carboxylic acid groups (broad SMARTS) is 1. The maximum absolute atomic E-state index is 12.3. The highest BCUT2D eigenvalue weighted by Gasteiger charge is 2.39. The number of hydrogen-bond donors (Lipinski definition) is 2. The summed E-state index contributed by atoms with van der Waals surface area (Å²) >= 11 is 0. The van der Waals surface area contributed by atoms with Crippen LogP contribution in [0.5, 0.6) is 11.5 Å². The second kappa shape index (κ2) is 8.13. The Morgan fingerprint density at radius 1 is 1.24 bits per heavy atom. The molecule has 1 aromatic rings. The lowest BCUT2D eigenvalue weighted by Crippen LogP contribution is -2.44. The van der Waals surface area contributed by atoms with E-state index in [0.717, 1.165) is 19.3 Å². The Labute approximate surface area is 144 Å². The molecule has 1 aliphatic rings. The monoisotopic (exact) mass is 357 g/mol. The van der Waals surface area contributed by atoms with Crippen molar-refractivity contribution in [3.8, 4) is 11.5 Å². The average Bonchev–Trinajstić information content (AvgIpc) is 2.60. The van der Waals surface area contributed by atoms with Gasteiger partial charge in [0.15, 0.2) is 11.5 Å². The van der Waals surface area contributed by atoms with E-state index in [1.807, 2.05) is 0 Å². The molecule has 8 heteroatoms. The van der Waals surface area contributed by atoms with Crippen LogP contribution in [-0.4, -0.2) is 37.2 Å². The van der Waals surface area contributed by atoms with Crippen molar-refractivity contribution in [3.05, 3.63) is 23.8 Å². The standard InChI is InChI=1S/C17H21F2NO5/c1-24-13-9-11(5-6-12(13)25-16(18)19)14(21)20-10-17(15(22)23)7-3-2-4-8-17/h5-6,9,16H,2-4,7-8,10H2,1H3,(H,20,21)(H,22,23). The third-order valence-electron chi connectivity index (χ3n) is 4.49. The van der Waals surface area contributed by atoms with Crippen molar-refractivity contribution in [1.29, 1.82) is 0 Å². The van der Waals surface area contributed by atoms with Crippen molar-refractivity contribution in [2.45, 2.75) is 38.7 Å². The van der Waals surface area contributed by atoms with Gasteiger partial charge in [0, 0.05) is 12.1 Å². The van der Waals surface area contributed by atoms with Crippen molar-refractivity contribution < 1.29 is 33.0 Å². The number of ether oxygens (including phenoxy) is 2. The van der Waals surface area contributed by atoms with Gasteiger partial charge < -0.3 is 19.9 Å². The van der Waals surface area contributed by atoms with Gasteiger partial charge >= 0.3 is 12.6 Å². The first-order valence-corrected chi connectivity index (χ1v) is 8.02. The molecular formula is C17H21F2NO5. The highest BCUT2D eigenvalue weighted by Crippen LogP contribution is 2.36. The van der Waals surface area contributed by atoms with Crippen molar-refractivity contribution in [2.24, 2.45) is 5.41 Å². The molecule has 0 saturated heterocycles. The quantitative estimate of drug-likeness (QED) is 0.783. The molecule has 0 atom stereocenters. The molecule has 0 spiro atoms. The molecule has 0 aliphatic heterocycles. The number of carbonyl (C=O) groups excluding carboxylic acids is 1. The average molecular weight is 357 g/mol. The van der Waals surface area contributed by atoms with Gasteiger partial charge in [0.25, 0.3) is 5.91 Å². The van der Waals surface area contributed by atoms with Gasteiger partial charge in [-0.1, -0.05) is 19.3 Å². The van der Waals surface area contributed by atoms with E-state index in [0.29, 0.717) is 12.8 Å². The van der Waals surface area contributed by atoms with Gasteiger partial charge in [-0.25, -0.2) is 0 Å². The minimum absolute atomic E-state index is 0.00133. The Bertz CT molecular complexity index is 629. The van der Waals surface area contributed by atoms with E-state index in [1.54, 1.807) is 0 Å². The van der Waals surface area contributed by atoms with E-state index in [-0.39, 0.29) is 23.6 Å². The lowest BCUT2D eigenvalue weighted by molar-refractivity contribution is -0.150. The van der Waals surface area contributed by atoms with E-state index < -0.39 is 23.9 Å². The zero-order valence-corrected chi connectivity index (χ0v) is 13.9. The van der Waals surface area contributed by atoms with Crippen LogP contribution in [0, 0.1) is 5.41 Å². The zero-order chi connectivity index (χ0) is 18.4. The van der Waals surface area contributed by atoms with Crippen molar-refractivity contribution >= 4 is 11.9 Å². The van der Waals surface area contributed by atoms with Crippen LogP contribution < -0.4 is 14.8 Å². The van der Waals surface area contributed by atoms with Crippen molar-refractivity contribution in [2.75, 3.05) is 13.7 Å². The fourth-order valence-electron chi connectivity index (χ4n) is 3.05. The highest BCUT2D eigenvalue weighted by molar-refractivity contribution is 5.95. The van der Waals surface area contributed by atoms with Gasteiger partial charge in [0.2, 0.25) is 0 Å². The summed E-state index contributed by atoms with van der Waals surface area (Å²) in [6.45, 7) is -2.98. The molecule has 1 aromatic carbocycles. The third kappa shape index (κ3) is 4.58. The minimum Gasteiger partial charge on any atom is -0.493 e. The molecule has 1 saturated carbocycles. The number of aliphatic carboxylic acids is 1. The lowest BCUT2D eigenvalue weighted by atomic mass is 9.74. The largest absolute Gasteiger partial charge is 0.493 e. The normalized spacial score (nSPS) is 16.3. The van der Waals surface area contributed by atoms with E-state index in [2.05, 4.69) is 10.1 Å². The number of rotatable bonds is 7. The number of carboxylic acids is 1. The van der Waals surface area contributed by atoms with E-state index in [9.17, 15) is 23.5 Å². The van der Waals surface area contributed by atoms with Gasteiger partial charge in [-0.05, 0) is 31.0 Å². The second-order valence-corrected chi connectivity index (χ2v) is 6.07. The first-order chi connectivity index (χ1) is 11.9. The molecule has 25 heavy (non-hydrogen) atoms. The Balaban J connectivity index is 2.08. The molecule has 0 radical (unpaired) electrons. The van der Waals surface area contributed by atoms with E-state index in [4.69, 9.17) is 4.74 Å². The molecular weight excluding hydrogens is 336 g/mol. The molecule has 0 heterocycles. The second-order valence-electron chi connectivity index (χ2n) is 6.07. The molecule has 138 valence electrons. The first kappa shape index (κ1) is 19.0. The topological polar surface area (TPSA) is 84.9 Å². The zero-order valence-electron chi connectivity index (χ0n) is 13.9. The van der Waals surface area contributed by atoms with E-state index in [1.165, 1.54) is 25.3 Å². The van der Waals surface area contributed by atoms with Gasteiger partial charge in [-0.3, -0.25) is 9.59 Å².